The van der Waals surface area contributed by atoms with Gasteiger partial charge < -0.3 is 20.3 Å². The van der Waals surface area contributed by atoms with Gasteiger partial charge >= 0.3 is 6.09 Å². The molecule has 0 aliphatic heterocycles. The number of hydrogen-bond donors (Lipinski definition) is 2. The van der Waals surface area contributed by atoms with Crippen LogP contribution in [0.5, 0.6) is 0 Å². The monoisotopic (exact) mass is 493 g/mol. The molecule has 2 atom stereocenters. The molecule has 3 rings (SSSR count). The van der Waals surface area contributed by atoms with E-state index in [0.29, 0.717) is 0 Å². The Balaban J connectivity index is 2.00. The summed E-state index contributed by atoms with van der Waals surface area (Å²) < 4.78 is 5.48. The zero-order chi connectivity index (χ0) is 26.3. The van der Waals surface area contributed by atoms with Gasteiger partial charge in [0.15, 0.2) is 0 Å². The van der Waals surface area contributed by atoms with Crippen molar-refractivity contribution in [1.82, 2.24) is 15.5 Å². The molecule has 0 aromatic heterocycles. The van der Waals surface area contributed by atoms with Crippen LogP contribution >= 0.6 is 0 Å². The number of carbonyl (C=O) groups is 3. The molecule has 0 spiro atoms. The SMILES string of the molecule is CC(C)NC(=O)C(c1ccccc1)N(C(=O)C(Cc1ccccc1)NC(=O)OC(C)(C)C)C1CCC1. The average molecular weight is 494 g/mol. The fourth-order valence-electron chi connectivity index (χ4n) is 4.30. The van der Waals surface area contributed by atoms with Crippen molar-refractivity contribution in [3.05, 3.63) is 71.8 Å². The summed E-state index contributed by atoms with van der Waals surface area (Å²) in [7, 11) is 0. The van der Waals surface area contributed by atoms with Crippen LogP contribution in [0.15, 0.2) is 60.7 Å². The minimum absolute atomic E-state index is 0.0814. The van der Waals surface area contributed by atoms with E-state index >= 15 is 0 Å². The second-order valence-electron chi connectivity index (χ2n) is 10.7. The third-order valence-electron chi connectivity index (χ3n) is 6.07. The molecule has 0 radical (unpaired) electrons. The normalized spacial score (nSPS) is 15.4. The smallest absolute Gasteiger partial charge is 0.408 e. The van der Waals surface area contributed by atoms with Gasteiger partial charge in [-0.15, -0.1) is 0 Å². The second kappa shape index (κ2) is 12.1. The fraction of sp³-hybridized carbons (Fsp3) is 0.483. The summed E-state index contributed by atoms with van der Waals surface area (Å²) in [4.78, 5) is 42.3. The van der Waals surface area contributed by atoms with E-state index in [-0.39, 0.29) is 30.3 Å². The van der Waals surface area contributed by atoms with E-state index < -0.39 is 23.8 Å². The van der Waals surface area contributed by atoms with Crippen LogP contribution in [0.1, 0.15) is 71.0 Å². The zero-order valence-electron chi connectivity index (χ0n) is 22.0. The van der Waals surface area contributed by atoms with Crippen LogP contribution in [0, 0.1) is 0 Å². The lowest BCUT2D eigenvalue weighted by Crippen LogP contribution is -2.58. The first-order valence-electron chi connectivity index (χ1n) is 12.8. The molecule has 1 saturated carbocycles. The summed E-state index contributed by atoms with van der Waals surface area (Å²) in [5.74, 6) is -0.519. The molecular formula is C29H39N3O4. The summed E-state index contributed by atoms with van der Waals surface area (Å²) >= 11 is 0. The van der Waals surface area contributed by atoms with Crippen molar-refractivity contribution in [3.63, 3.8) is 0 Å². The highest BCUT2D eigenvalue weighted by atomic mass is 16.6. The van der Waals surface area contributed by atoms with Gasteiger partial charge in [0.05, 0.1) is 0 Å². The lowest BCUT2D eigenvalue weighted by atomic mass is 9.87. The van der Waals surface area contributed by atoms with E-state index in [1.165, 1.54) is 0 Å². The summed E-state index contributed by atoms with van der Waals surface area (Å²) in [5, 5.41) is 5.80. The first-order chi connectivity index (χ1) is 17.0. The van der Waals surface area contributed by atoms with E-state index in [2.05, 4.69) is 10.6 Å². The highest BCUT2D eigenvalue weighted by Crippen LogP contribution is 2.34. The van der Waals surface area contributed by atoms with Gasteiger partial charge in [-0.05, 0) is 65.0 Å². The summed E-state index contributed by atoms with van der Waals surface area (Å²) in [5.41, 5.74) is 0.942. The van der Waals surface area contributed by atoms with Crippen LogP contribution in [-0.2, 0) is 20.7 Å². The lowest BCUT2D eigenvalue weighted by molar-refractivity contribution is -0.147. The Morgan fingerprint density at radius 2 is 1.53 bits per heavy atom. The number of rotatable bonds is 9. The Hall–Kier alpha value is -3.35. The standard InChI is InChI=1S/C29H39N3O4/c1-20(2)30-26(33)25(22-15-10-7-11-16-22)32(23-17-12-18-23)27(34)24(19-21-13-8-6-9-14-21)31-28(35)36-29(3,4)5/h6-11,13-16,20,23-25H,12,17-19H2,1-5H3,(H,30,33)(H,31,35). The molecule has 2 unspecified atom stereocenters. The Morgan fingerprint density at radius 1 is 0.944 bits per heavy atom. The van der Waals surface area contributed by atoms with E-state index in [9.17, 15) is 14.4 Å². The molecule has 1 fully saturated rings. The van der Waals surface area contributed by atoms with Crippen molar-refractivity contribution < 1.29 is 19.1 Å². The fourth-order valence-corrected chi connectivity index (χ4v) is 4.30. The molecule has 1 aliphatic carbocycles. The predicted molar refractivity (Wildman–Crippen MR) is 140 cm³/mol. The van der Waals surface area contributed by atoms with Crippen LogP contribution in [0.4, 0.5) is 4.79 Å². The van der Waals surface area contributed by atoms with Gasteiger partial charge in [0.1, 0.15) is 17.7 Å². The van der Waals surface area contributed by atoms with Crippen molar-refractivity contribution in [2.75, 3.05) is 0 Å². The van der Waals surface area contributed by atoms with Gasteiger partial charge in [-0.2, -0.15) is 0 Å². The van der Waals surface area contributed by atoms with Crippen LogP contribution in [0.25, 0.3) is 0 Å². The maximum atomic E-state index is 14.3. The zero-order valence-corrected chi connectivity index (χ0v) is 22.0. The van der Waals surface area contributed by atoms with Gasteiger partial charge in [0, 0.05) is 18.5 Å². The molecule has 2 aromatic rings. The Labute approximate surface area is 214 Å². The quantitative estimate of drug-likeness (QED) is 0.527. The molecule has 36 heavy (non-hydrogen) atoms. The van der Waals surface area contributed by atoms with E-state index in [4.69, 9.17) is 4.74 Å². The number of ether oxygens (including phenoxy) is 1. The molecule has 0 heterocycles. The van der Waals surface area contributed by atoms with Crippen LogP contribution in [-0.4, -0.2) is 46.5 Å². The number of carbonyl (C=O) groups excluding carboxylic acids is 3. The van der Waals surface area contributed by atoms with Gasteiger partial charge in [-0.3, -0.25) is 9.59 Å². The van der Waals surface area contributed by atoms with Gasteiger partial charge in [-0.25, -0.2) is 4.79 Å². The lowest BCUT2D eigenvalue weighted by Gasteiger charge is -2.43. The third kappa shape index (κ3) is 7.57. The third-order valence-corrected chi connectivity index (χ3v) is 6.07. The van der Waals surface area contributed by atoms with Crippen LogP contribution in [0.3, 0.4) is 0 Å². The topological polar surface area (TPSA) is 87.7 Å². The van der Waals surface area contributed by atoms with Crippen LogP contribution in [0.2, 0.25) is 0 Å². The minimum atomic E-state index is -0.888. The highest BCUT2D eigenvalue weighted by Gasteiger charge is 2.42. The van der Waals surface area contributed by atoms with Crippen molar-refractivity contribution >= 4 is 17.9 Å². The summed E-state index contributed by atoms with van der Waals surface area (Å²) in [6.07, 6.45) is 2.25. The predicted octanol–water partition coefficient (Wildman–Crippen LogP) is 4.77. The maximum absolute atomic E-state index is 14.3. The molecular weight excluding hydrogens is 454 g/mol. The average Bonchev–Trinajstić information content (AvgIpc) is 2.76. The molecule has 2 aromatic carbocycles. The molecule has 1 aliphatic rings. The number of alkyl carbamates (subject to hydrolysis) is 1. The highest BCUT2D eigenvalue weighted by molar-refractivity contribution is 5.92. The number of hydrogen-bond acceptors (Lipinski definition) is 4. The van der Waals surface area contributed by atoms with Gasteiger partial charge in [-0.1, -0.05) is 60.7 Å². The van der Waals surface area contributed by atoms with E-state index in [1.807, 2.05) is 74.5 Å². The van der Waals surface area contributed by atoms with Crippen molar-refractivity contribution in [1.29, 1.82) is 0 Å². The Morgan fingerprint density at radius 3 is 2.03 bits per heavy atom. The maximum Gasteiger partial charge on any atom is 0.408 e. The van der Waals surface area contributed by atoms with Crippen molar-refractivity contribution in [2.45, 2.75) is 90.1 Å². The van der Waals surface area contributed by atoms with Crippen molar-refractivity contribution in [3.8, 4) is 0 Å². The first kappa shape index (κ1) is 27.2. The van der Waals surface area contributed by atoms with Crippen molar-refractivity contribution in [2.24, 2.45) is 0 Å². The number of nitrogens with one attached hydrogen (secondary N) is 2. The Kier molecular flexibility index (Phi) is 9.13. The molecule has 2 N–H and O–H groups in total. The molecule has 3 amide bonds. The minimum Gasteiger partial charge on any atom is -0.444 e. The van der Waals surface area contributed by atoms with Gasteiger partial charge in [0.25, 0.3) is 0 Å². The largest absolute Gasteiger partial charge is 0.444 e. The molecule has 0 bridgehead atoms. The first-order valence-corrected chi connectivity index (χ1v) is 12.8. The van der Waals surface area contributed by atoms with E-state index in [1.54, 1.807) is 25.7 Å². The van der Waals surface area contributed by atoms with E-state index in [0.717, 1.165) is 30.4 Å². The molecule has 0 saturated heterocycles. The Bertz CT molecular complexity index is 1010. The summed E-state index contributed by atoms with van der Waals surface area (Å²) in [6.45, 7) is 9.14. The second-order valence-corrected chi connectivity index (χ2v) is 10.7. The molecule has 7 nitrogen and oxygen atoms in total. The van der Waals surface area contributed by atoms with Gasteiger partial charge in [0.2, 0.25) is 11.8 Å². The number of nitrogens with zero attached hydrogens (tertiary/aromatic N) is 1. The summed E-state index contributed by atoms with van der Waals surface area (Å²) in [6, 6.07) is 17.1. The molecule has 194 valence electrons. The van der Waals surface area contributed by atoms with Crippen LogP contribution < -0.4 is 10.6 Å². The molecule has 7 heteroatoms. The number of amides is 3. The number of benzene rings is 2.